The van der Waals surface area contributed by atoms with E-state index in [0.717, 1.165) is 36.0 Å². The highest BCUT2D eigenvalue weighted by molar-refractivity contribution is 7.13. The van der Waals surface area contributed by atoms with Crippen LogP contribution >= 0.6 is 22.9 Å². The van der Waals surface area contributed by atoms with Crippen LogP contribution in [0.2, 0.25) is 0 Å². The fourth-order valence-electron chi connectivity index (χ4n) is 1.94. The highest BCUT2D eigenvalue weighted by Gasteiger charge is 2.06. The summed E-state index contributed by atoms with van der Waals surface area (Å²) in [6.07, 6.45) is 0. The van der Waals surface area contributed by atoms with Crippen molar-refractivity contribution in [2.24, 2.45) is 0 Å². The Balaban J connectivity index is 2.07. The maximum atomic E-state index is 5.80. The minimum Gasteiger partial charge on any atom is -0.383 e. The molecular weight excluding hydrogens is 292 g/mol. The molecule has 108 valence electrons. The normalized spacial score (nSPS) is 11.2. The monoisotopic (exact) mass is 310 g/mol. The first-order valence-electron chi connectivity index (χ1n) is 6.50. The molecule has 1 heterocycles. The molecule has 0 saturated heterocycles. The molecule has 5 heteroatoms. The predicted molar refractivity (Wildman–Crippen MR) is 85.3 cm³/mol. The number of likely N-dealkylation sites (N-methyl/N-ethyl adjacent to an activating group) is 1. The number of nitrogens with zero attached hydrogens (tertiary/aromatic N) is 2. The quantitative estimate of drug-likeness (QED) is 0.730. The van der Waals surface area contributed by atoms with Gasteiger partial charge in [0.1, 0.15) is 5.01 Å². The first-order chi connectivity index (χ1) is 9.72. The molecule has 0 aliphatic carbocycles. The highest BCUT2D eigenvalue weighted by atomic mass is 35.5. The van der Waals surface area contributed by atoms with E-state index >= 15 is 0 Å². The molecule has 0 bridgehead atoms. The van der Waals surface area contributed by atoms with Crippen molar-refractivity contribution in [2.45, 2.75) is 12.4 Å². The van der Waals surface area contributed by atoms with Gasteiger partial charge < -0.3 is 4.74 Å². The largest absolute Gasteiger partial charge is 0.383 e. The molecule has 2 aromatic rings. The van der Waals surface area contributed by atoms with E-state index in [1.54, 1.807) is 18.4 Å². The number of methoxy groups -OCH3 is 1. The zero-order chi connectivity index (χ0) is 14.4. The van der Waals surface area contributed by atoms with E-state index in [0.29, 0.717) is 5.88 Å². The van der Waals surface area contributed by atoms with Crippen LogP contribution in [0, 0.1) is 0 Å². The van der Waals surface area contributed by atoms with Crippen LogP contribution in [-0.2, 0) is 17.2 Å². The third kappa shape index (κ3) is 4.28. The molecule has 0 amide bonds. The number of aromatic nitrogens is 1. The zero-order valence-corrected chi connectivity index (χ0v) is 13.4. The first kappa shape index (κ1) is 15.4. The van der Waals surface area contributed by atoms with Crippen molar-refractivity contribution in [1.29, 1.82) is 0 Å². The minimum atomic E-state index is 0.468. The van der Waals surface area contributed by atoms with E-state index in [1.807, 2.05) is 5.38 Å². The summed E-state index contributed by atoms with van der Waals surface area (Å²) < 4.78 is 5.10. The summed E-state index contributed by atoms with van der Waals surface area (Å²) in [5, 5.41) is 3.04. The number of hydrogen-bond acceptors (Lipinski definition) is 4. The Morgan fingerprint density at radius 3 is 2.95 bits per heavy atom. The van der Waals surface area contributed by atoms with Gasteiger partial charge in [-0.3, -0.25) is 4.90 Å². The van der Waals surface area contributed by atoms with Crippen LogP contribution in [0.4, 0.5) is 0 Å². The molecule has 0 N–H and O–H groups in total. The van der Waals surface area contributed by atoms with Crippen molar-refractivity contribution >= 4 is 22.9 Å². The maximum absolute atomic E-state index is 5.80. The van der Waals surface area contributed by atoms with Gasteiger partial charge in [0.15, 0.2) is 0 Å². The number of thiazole rings is 1. The van der Waals surface area contributed by atoms with E-state index in [-0.39, 0.29) is 0 Å². The Bertz CT molecular complexity index is 544. The minimum absolute atomic E-state index is 0.468. The molecule has 1 aromatic carbocycles. The molecular formula is C15H19ClN2OS. The average Bonchev–Trinajstić information content (AvgIpc) is 2.94. The van der Waals surface area contributed by atoms with Gasteiger partial charge in [0, 0.05) is 31.1 Å². The van der Waals surface area contributed by atoms with E-state index in [1.165, 1.54) is 5.56 Å². The summed E-state index contributed by atoms with van der Waals surface area (Å²) in [6, 6.07) is 8.51. The molecule has 0 radical (unpaired) electrons. The molecule has 1 aromatic heterocycles. The van der Waals surface area contributed by atoms with Gasteiger partial charge >= 0.3 is 0 Å². The number of benzene rings is 1. The van der Waals surface area contributed by atoms with Crippen molar-refractivity contribution in [3.05, 3.63) is 40.9 Å². The summed E-state index contributed by atoms with van der Waals surface area (Å²) >= 11 is 7.44. The highest BCUT2D eigenvalue weighted by Crippen LogP contribution is 2.25. The molecule has 0 atom stereocenters. The predicted octanol–water partition coefficient (Wildman–Crippen LogP) is 3.63. The summed E-state index contributed by atoms with van der Waals surface area (Å²) in [7, 11) is 3.83. The van der Waals surface area contributed by atoms with Crippen molar-refractivity contribution in [3.8, 4) is 10.6 Å². The number of hydrogen-bond donors (Lipinski definition) is 0. The van der Waals surface area contributed by atoms with Gasteiger partial charge in [-0.15, -0.1) is 22.9 Å². The van der Waals surface area contributed by atoms with Crippen LogP contribution in [0.3, 0.4) is 0 Å². The summed E-state index contributed by atoms with van der Waals surface area (Å²) in [4.78, 5) is 6.77. The van der Waals surface area contributed by atoms with Gasteiger partial charge in [-0.05, 0) is 18.7 Å². The van der Waals surface area contributed by atoms with Gasteiger partial charge in [-0.25, -0.2) is 4.98 Å². The van der Waals surface area contributed by atoms with E-state index < -0.39 is 0 Å². The summed E-state index contributed by atoms with van der Waals surface area (Å²) in [5.41, 5.74) is 3.38. The second-order valence-electron chi connectivity index (χ2n) is 4.71. The summed E-state index contributed by atoms with van der Waals surface area (Å²) in [6.45, 7) is 2.58. The van der Waals surface area contributed by atoms with Crippen molar-refractivity contribution in [3.63, 3.8) is 0 Å². The molecule has 0 spiro atoms. The molecule has 0 fully saturated rings. The number of ether oxygens (including phenoxy) is 1. The lowest BCUT2D eigenvalue weighted by Gasteiger charge is -2.16. The molecule has 0 aliphatic heterocycles. The molecule has 3 nitrogen and oxygen atoms in total. The fourth-order valence-corrected chi connectivity index (χ4v) is 2.99. The first-order valence-corrected chi connectivity index (χ1v) is 7.91. The van der Waals surface area contributed by atoms with Crippen LogP contribution in [0.1, 0.15) is 11.3 Å². The zero-order valence-electron chi connectivity index (χ0n) is 11.8. The molecule has 0 saturated carbocycles. The van der Waals surface area contributed by atoms with Gasteiger partial charge in [0.25, 0.3) is 0 Å². The van der Waals surface area contributed by atoms with Crippen LogP contribution in [0.25, 0.3) is 10.6 Å². The van der Waals surface area contributed by atoms with E-state index in [2.05, 4.69) is 41.2 Å². The fraction of sp³-hybridized carbons (Fsp3) is 0.400. The lowest BCUT2D eigenvalue weighted by molar-refractivity contribution is 0.158. The lowest BCUT2D eigenvalue weighted by Crippen LogP contribution is -2.22. The molecule has 2 rings (SSSR count). The van der Waals surface area contributed by atoms with E-state index in [9.17, 15) is 0 Å². The second-order valence-corrected chi connectivity index (χ2v) is 5.83. The van der Waals surface area contributed by atoms with Crippen LogP contribution in [0.5, 0.6) is 0 Å². The smallest absolute Gasteiger partial charge is 0.123 e. The third-order valence-electron chi connectivity index (χ3n) is 2.99. The number of alkyl halides is 1. The molecule has 0 unspecified atom stereocenters. The Hall–Kier alpha value is -0.940. The lowest BCUT2D eigenvalue weighted by atomic mass is 10.1. The van der Waals surface area contributed by atoms with Crippen LogP contribution in [0.15, 0.2) is 29.6 Å². The SMILES string of the molecule is COCCN(C)Cc1cccc(-c2nc(CCl)cs2)c1. The topological polar surface area (TPSA) is 25.4 Å². The Labute approximate surface area is 129 Å². The van der Waals surface area contributed by atoms with Gasteiger partial charge in [0.2, 0.25) is 0 Å². The average molecular weight is 311 g/mol. The van der Waals surface area contributed by atoms with Gasteiger partial charge in [-0.1, -0.05) is 18.2 Å². The van der Waals surface area contributed by atoms with Crippen molar-refractivity contribution in [2.75, 3.05) is 27.3 Å². The summed E-state index contributed by atoms with van der Waals surface area (Å²) in [5.74, 6) is 0.468. The second kappa shape index (κ2) is 7.74. The number of halogens is 1. The molecule has 20 heavy (non-hydrogen) atoms. The number of rotatable bonds is 7. The van der Waals surface area contributed by atoms with Crippen molar-refractivity contribution < 1.29 is 4.74 Å². The standard InChI is InChI=1S/C15H19ClN2OS/c1-18(6-7-19-2)10-12-4-3-5-13(8-12)15-17-14(9-16)11-20-15/h3-5,8,11H,6-7,9-10H2,1-2H3. The molecule has 0 aliphatic rings. The Morgan fingerprint density at radius 1 is 1.40 bits per heavy atom. The third-order valence-corrected chi connectivity index (χ3v) is 4.21. The van der Waals surface area contributed by atoms with E-state index in [4.69, 9.17) is 16.3 Å². The van der Waals surface area contributed by atoms with Gasteiger partial charge in [0.05, 0.1) is 18.2 Å². The Kier molecular flexibility index (Phi) is 5.98. The Morgan fingerprint density at radius 2 is 2.25 bits per heavy atom. The maximum Gasteiger partial charge on any atom is 0.123 e. The van der Waals surface area contributed by atoms with Crippen LogP contribution < -0.4 is 0 Å². The van der Waals surface area contributed by atoms with Gasteiger partial charge in [-0.2, -0.15) is 0 Å². The van der Waals surface area contributed by atoms with Crippen LogP contribution in [-0.4, -0.2) is 37.2 Å². The van der Waals surface area contributed by atoms with Crippen molar-refractivity contribution in [1.82, 2.24) is 9.88 Å².